The number of nitrogen functional groups attached to an aromatic ring is 1. The van der Waals surface area contributed by atoms with Crippen LogP contribution >= 0.6 is 0 Å². The molecule has 1 saturated heterocycles. The van der Waals surface area contributed by atoms with Crippen LogP contribution in [0.1, 0.15) is 19.3 Å². The van der Waals surface area contributed by atoms with Crippen LogP contribution in [0.5, 0.6) is 0 Å². The van der Waals surface area contributed by atoms with Crippen LogP contribution in [0.3, 0.4) is 0 Å². The molecule has 19 heavy (non-hydrogen) atoms. The van der Waals surface area contributed by atoms with Gasteiger partial charge in [0.15, 0.2) is 0 Å². The molecule has 5 nitrogen and oxygen atoms in total. The molecule has 1 aliphatic rings. The zero-order valence-electron chi connectivity index (χ0n) is 10.8. The lowest BCUT2D eigenvalue weighted by atomic mass is 10.1. The molecule has 0 unspecified atom stereocenters. The lowest BCUT2D eigenvalue weighted by Crippen LogP contribution is -2.29. The third-order valence-corrected chi connectivity index (χ3v) is 3.43. The Balaban J connectivity index is 1.80. The summed E-state index contributed by atoms with van der Waals surface area (Å²) in [5.74, 6) is 1.35. The van der Waals surface area contributed by atoms with Crippen molar-refractivity contribution in [2.24, 2.45) is 0 Å². The molecule has 0 amide bonds. The van der Waals surface area contributed by atoms with E-state index in [4.69, 9.17) is 5.73 Å². The van der Waals surface area contributed by atoms with E-state index >= 15 is 0 Å². The summed E-state index contributed by atoms with van der Waals surface area (Å²) < 4.78 is 0. The third kappa shape index (κ3) is 2.65. The van der Waals surface area contributed by atoms with Crippen LogP contribution in [0, 0.1) is 0 Å². The molecule has 0 aliphatic carbocycles. The van der Waals surface area contributed by atoms with Gasteiger partial charge in [-0.25, -0.2) is 15.0 Å². The van der Waals surface area contributed by atoms with Gasteiger partial charge in [-0.05, 0) is 31.4 Å². The van der Waals surface area contributed by atoms with E-state index in [0.29, 0.717) is 5.95 Å². The van der Waals surface area contributed by atoms with E-state index in [-0.39, 0.29) is 0 Å². The number of anilines is 2. The van der Waals surface area contributed by atoms with Crippen molar-refractivity contribution in [3.63, 3.8) is 0 Å². The van der Waals surface area contributed by atoms with E-state index in [1.165, 1.54) is 19.3 Å². The highest BCUT2D eigenvalue weighted by Gasteiger charge is 2.11. The van der Waals surface area contributed by atoms with Crippen LogP contribution in [0.25, 0.3) is 11.1 Å². The van der Waals surface area contributed by atoms with Gasteiger partial charge in [-0.1, -0.05) is 0 Å². The van der Waals surface area contributed by atoms with Crippen molar-refractivity contribution in [1.29, 1.82) is 0 Å². The minimum absolute atomic E-state index is 0.293. The average molecular weight is 255 g/mol. The Kier molecular flexibility index (Phi) is 3.27. The first kappa shape index (κ1) is 11.9. The molecule has 1 fully saturated rings. The highest BCUT2D eigenvalue weighted by Crippen LogP contribution is 2.22. The van der Waals surface area contributed by atoms with Gasteiger partial charge >= 0.3 is 0 Å². The minimum atomic E-state index is 0.293. The number of nitrogens with zero attached hydrogens (tertiary/aromatic N) is 4. The van der Waals surface area contributed by atoms with E-state index in [2.05, 4.69) is 32.0 Å². The predicted octanol–water partition coefficient (Wildman–Crippen LogP) is 2.11. The Morgan fingerprint density at radius 2 is 1.53 bits per heavy atom. The second-order valence-corrected chi connectivity index (χ2v) is 4.78. The summed E-state index contributed by atoms with van der Waals surface area (Å²) in [5, 5.41) is 0. The summed E-state index contributed by atoms with van der Waals surface area (Å²) in [6.07, 6.45) is 9.17. The molecule has 0 aromatic carbocycles. The Bertz CT molecular complexity index is 529. The van der Waals surface area contributed by atoms with Crippen molar-refractivity contribution in [1.82, 2.24) is 15.0 Å². The van der Waals surface area contributed by atoms with E-state index < -0.39 is 0 Å². The molecule has 5 heteroatoms. The molecule has 2 aromatic heterocycles. The standard InChI is InChI=1S/C14H17N5/c15-14-17-9-12(10-18-14)11-4-5-13(16-8-11)19-6-2-1-3-7-19/h4-5,8-10H,1-3,6-7H2,(H2,15,17,18). The molecule has 2 N–H and O–H groups in total. The predicted molar refractivity (Wildman–Crippen MR) is 75.7 cm³/mol. The summed E-state index contributed by atoms with van der Waals surface area (Å²) in [6, 6.07) is 4.13. The van der Waals surface area contributed by atoms with Crippen molar-refractivity contribution < 1.29 is 0 Å². The summed E-state index contributed by atoms with van der Waals surface area (Å²) in [6.45, 7) is 2.22. The van der Waals surface area contributed by atoms with Crippen LogP contribution < -0.4 is 10.6 Å². The summed E-state index contributed by atoms with van der Waals surface area (Å²) in [4.78, 5) is 14.9. The van der Waals surface area contributed by atoms with E-state index in [1.807, 2.05) is 6.20 Å². The Morgan fingerprint density at radius 1 is 0.842 bits per heavy atom. The highest BCUT2D eigenvalue weighted by molar-refractivity contribution is 5.62. The van der Waals surface area contributed by atoms with Gasteiger partial charge in [0.25, 0.3) is 0 Å². The van der Waals surface area contributed by atoms with E-state index in [9.17, 15) is 0 Å². The smallest absolute Gasteiger partial charge is 0.219 e. The van der Waals surface area contributed by atoms with E-state index in [0.717, 1.165) is 30.0 Å². The zero-order valence-corrected chi connectivity index (χ0v) is 10.8. The van der Waals surface area contributed by atoms with E-state index in [1.54, 1.807) is 12.4 Å². The number of hydrogen-bond donors (Lipinski definition) is 1. The number of piperidine rings is 1. The van der Waals surface area contributed by atoms with Crippen molar-refractivity contribution >= 4 is 11.8 Å². The highest BCUT2D eigenvalue weighted by atomic mass is 15.2. The number of hydrogen-bond acceptors (Lipinski definition) is 5. The van der Waals surface area contributed by atoms with Gasteiger partial charge in [0.05, 0.1) is 0 Å². The molecule has 3 rings (SSSR count). The van der Waals surface area contributed by atoms with Crippen molar-refractivity contribution in [3.05, 3.63) is 30.7 Å². The van der Waals surface area contributed by atoms with Crippen molar-refractivity contribution in [3.8, 4) is 11.1 Å². The molecule has 0 saturated carbocycles. The van der Waals surface area contributed by atoms with Gasteiger partial charge in [0, 0.05) is 42.8 Å². The maximum Gasteiger partial charge on any atom is 0.219 e. The molecule has 0 radical (unpaired) electrons. The van der Waals surface area contributed by atoms with Gasteiger partial charge in [-0.15, -0.1) is 0 Å². The Labute approximate surface area is 112 Å². The third-order valence-electron chi connectivity index (χ3n) is 3.43. The van der Waals surface area contributed by atoms with Gasteiger partial charge in [0.1, 0.15) is 5.82 Å². The number of nitrogens with two attached hydrogens (primary N) is 1. The molecule has 3 heterocycles. The number of aromatic nitrogens is 3. The molecular formula is C14H17N5. The molecule has 0 bridgehead atoms. The summed E-state index contributed by atoms with van der Waals surface area (Å²) in [7, 11) is 0. The first-order valence-electron chi connectivity index (χ1n) is 6.62. The normalized spacial score (nSPS) is 15.5. The fourth-order valence-corrected chi connectivity index (χ4v) is 2.35. The maximum atomic E-state index is 5.48. The number of pyridine rings is 1. The average Bonchev–Trinajstić information content (AvgIpc) is 2.49. The molecule has 0 atom stereocenters. The minimum Gasteiger partial charge on any atom is -0.368 e. The van der Waals surface area contributed by atoms with Crippen LogP contribution in [0.15, 0.2) is 30.7 Å². The summed E-state index contributed by atoms with van der Waals surface area (Å²) >= 11 is 0. The maximum absolute atomic E-state index is 5.48. The molecule has 1 aliphatic heterocycles. The Morgan fingerprint density at radius 3 is 2.16 bits per heavy atom. The largest absolute Gasteiger partial charge is 0.368 e. The molecular weight excluding hydrogens is 238 g/mol. The van der Waals surface area contributed by atoms with Gasteiger partial charge < -0.3 is 10.6 Å². The Hall–Kier alpha value is -2.17. The van der Waals surface area contributed by atoms with Crippen LogP contribution in [0.2, 0.25) is 0 Å². The monoisotopic (exact) mass is 255 g/mol. The first-order valence-corrected chi connectivity index (χ1v) is 6.62. The fourth-order valence-electron chi connectivity index (χ4n) is 2.35. The van der Waals surface area contributed by atoms with Gasteiger partial charge in [0.2, 0.25) is 5.95 Å². The lowest BCUT2D eigenvalue weighted by Gasteiger charge is -2.27. The number of rotatable bonds is 2. The van der Waals surface area contributed by atoms with Crippen molar-refractivity contribution in [2.45, 2.75) is 19.3 Å². The van der Waals surface area contributed by atoms with Gasteiger partial charge in [-0.3, -0.25) is 0 Å². The zero-order chi connectivity index (χ0) is 13.1. The molecule has 98 valence electrons. The second-order valence-electron chi connectivity index (χ2n) is 4.78. The fraction of sp³-hybridized carbons (Fsp3) is 0.357. The topological polar surface area (TPSA) is 67.9 Å². The SMILES string of the molecule is Nc1ncc(-c2ccc(N3CCCCC3)nc2)cn1. The lowest BCUT2D eigenvalue weighted by molar-refractivity contribution is 0.573. The van der Waals surface area contributed by atoms with Crippen molar-refractivity contribution in [2.75, 3.05) is 23.7 Å². The molecule has 2 aromatic rings. The first-order chi connectivity index (χ1) is 9.33. The quantitative estimate of drug-likeness (QED) is 0.890. The molecule has 0 spiro atoms. The van der Waals surface area contributed by atoms with Crippen LogP contribution in [-0.4, -0.2) is 28.0 Å². The second kappa shape index (κ2) is 5.22. The van der Waals surface area contributed by atoms with Gasteiger partial charge in [-0.2, -0.15) is 0 Å². The van der Waals surface area contributed by atoms with Crippen LogP contribution in [-0.2, 0) is 0 Å². The van der Waals surface area contributed by atoms with Crippen LogP contribution in [0.4, 0.5) is 11.8 Å². The summed E-state index contributed by atoms with van der Waals surface area (Å²) in [5.41, 5.74) is 7.43.